The van der Waals surface area contributed by atoms with Crippen LogP contribution in [0.5, 0.6) is 0 Å². The van der Waals surface area contributed by atoms with Crippen LogP contribution in [0.15, 0.2) is 23.0 Å². The molecule has 0 saturated carbocycles. The first-order valence-electron chi connectivity index (χ1n) is 7.26. The molecule has 3 amide bonds. The van der Waals surface area contributed by atoms with Crippen LogP contribution < -0.4 is 21.6 Å². The number of urea groups is 1. The monoisotopic (exact) mass is 319 g/mol. The SMILES string of the molecule is CC(Nc1ccc2[nH]c(=O)[nH]c2c1)C(=O)NC(=O)NC(C)(C)C. The standard InChI is InChI=1S/C15H21N5O3/c1-8(12(21)19-14(23)20-15(2,3)4)16-9-5-6-10-11(7-9)18-13(22)17-10/h5-8,16H,1-4H3,(H2,17,18,22)(H2,19,20,21,23). The number of rotatable bonds is 3. The zero-order chi connectivity index (χ0) is 17.2. The van der Waals surface area contributed by atoms with E-state index in [4.69, 9.17) is 0 Å². The van der Waals surface area contributed by atoms with E-state index in [1.165, 1.54) is 0 Å². The molecule has 124 valence electrons. The molecule has 0 aliphatic rings. The largest absolute Gasteiger partial charge is 0.374 e. The molecule has 1 heterocycles. The zero-order valence-electron chi connectivity index (χ0n) is 13.5. The topological polar surface area (TPSA) is 119 Å². The number of amides is 3. The average molecular weight is 319 g/mol. The van der Waals surface area contributed by atoms with Gasteiger partial charge in [0.15, 0.2) is 0 Å². The van der Waals surface area contributed by atoms with Crippen molar-refractivity contribution in [3.05, 3.63) is 28.7 Å². The highest BCUT2D eigenvalue weighted by Gasteiger charge is 2.19. The number of hydrogen-bond donors (Lipinski definition) is 5. The molecule has 5 N–H and O–H groups in total. The average Bonchev–Trinajstić information content (AvgIpc) is 2.75. The molecule has 0 fully saturated rings. The lowest BCUT2D eigenvalue weighted by molar-refractivity contribution is -0.120. The minimum absolute atomic E-state index is 0.290. The molecule has 1 atom stereocenters. The van der Waals surface area contributed by atoms with Gasteiger partial charge in [-0.15, -0.1) is 0 Å². The summed E-state index contributed by atoms with van der Waals surface area (Å²) in [6.07, 6.45) is 0. The Bertz CT molecular complexity index is 784. The number of imidazole rings is 1. The highest BCUT2D eigenvalue weighted by molar-refractivity contribution is 5.98. The lowest BCUT2D eigenvalue weighted by Gasteiger charge is -2.21. The van der Waals surface area contributed by atoms with Crippen molar-refractivity contribution in [1.82, 2.24) is 20.6 Å². The Morgan fingerprint density at radius 1 is 1.13 bits per heavy atom. The zero-order valence-corrected chi connectivity index (χ0v) is 13.5. The molecule has 1 aromatic heterocycles. The van der Waals surface area contributed by atoms with Gasteiger partial charge in [-0.3, -0.25) is 10.1 Å². The fourth-order valence-electron chi connectivity index (χ4n) is 2.03. The second-order valence-electron chi connectivity index (χ2n) is 6.40. The maximum absolute atomic E-state index is 12.0. The third kappa shape index (κ3) is 4.60. The van der Waals surface area contributed by atoms with Crippen molar-refractivity contribution >= 4 is 28.7 Å². The first kappa shape index (κ1) is 16.6. The van der Waals surface area contributed by atoms with Crippen molar-refractivity contribution in [3.63, 3.8) is 0 Å². The van der Waals surface area contributed by atoms with Gasteiger partial charge in [-0.25, -0.2) is 9.59 Å². The summed E-state index contributed by atoms with van der Waals surface area (Å²) in [7, 11) is 0. The van der Waals surface area contributed by atoms with Gasteiger partial charge in [0.05, 0.1) is 11.0 Å². The van der Waals surface area contributed by atoms with Gasteiger partial charge < -0.3 is 20.6 Å². The van der Waals surface area contributed by atoms with Gasteiger partial charge in [0, 0.05) is 11.2 Å². The van der Waals surface area contributed by atoms with Gasteiger partial charge >= 0.3 is 11.7 Å². The van der Waals surface area contributed by atoms with E-state index in [1.54, 1.807) is 25.1 Å². The van der Waals surface area contributed by atoms with Gasteiger partial charge in [0.2, 0.25) is 5.91 Å². The maximum Gasteiger partial charge on any atom is 0.323 e. The Morgan fingerprint density at radius 2 is 1.78 bits per heavy atom. The lowest BCUT2D eigenvalue weighted by Crippen LogP contribution is -2.51. The number of fused-ring (bicyclic) bond motifs is 1. The number of aromatic amines is 2. The number of aromatic nitrogens is 2. The van der Waals surface area contributed by atoms with Crippen molar-refractivity contribution in [2.45, 2.75) is 39.3 Å². The smallest absolute Gasteiger partial charge is 0.323 e. The normalized spacial score (nSPS) is 12.7. The summed E-state index contributed by atoms with van der Waals surface area (Å²) in [5.74, 6) is -0.450. The molecule has 8 nitrogen and oxygen atoms in total. The fourth-order valence-corrected chi connectivity index (χ4v) is 2.03. The number of anilines is 1. The predicted octanol–water partition coefficient (Wildman–Crippen LogP) is 1.28. The van der Waals surface area contributed by atoms with Crippen molar-refractivity contribution in [2.75, 3.05) is 5.32 Å². The van der Waals surface area contributed by atoms with Crippen LogP contribution in [0.4, 0.5) is 10.5 Å². The highest BCUT2D eigenvalue weighted by Crippen LogP contribution is 2.15. The van der Waals surface area contributed by atoms with Crippen molar-refractivity contribution in [3.8, 4) is 0 Å². The number of hydrogen-bond acceptors (Lipinski definition) is 4. The van der Waals surface area contributed by atoms with Crippen LogP contribution in [-0.4, -0.2) is 33.5 Å². The summed E-state index contributed by atoms with van der Waals surface area (Å²) in [5.41, 5.74) is 1.26. The molecule has 2 aromatic rings. The Hall–Kier alpha value is -2.77. The molecule has 0 bridgehead atoms. The lowest BCUT2D eigenvalue weighted by atomic mass is 10.1. The fraction of sp³-hybridized carbons (Fsp3) is 0.400. The summed E-state index contributed by atoms with van der Waals surface area (Å²) < 4.78 is 0. The van der Waals surface area contributed by atoms with E-state index in [9.17, 15) is 14.4 Å². The molecule has 0 spiro atoms. The summed E-state index contributed by atoms with van der Waals surface area (Å²) in [4.78, 5) is 40.2. The van der Waals surface area contributed by atoms with Crippen LogP contribution >= 0.6 is 0 Å². The minimum Gasteiger partial charge on any atom is -0.374 e. The molecule has 1 unspecified atom stereocenters. The number of benzene rings is 1. The molecular formula is C15H21N5O3. The van der Waals surface area contributed by atoms with Crippen molar-refractivity contribution in [1.29, 1.82) is 0 Å². The quantitative estimate of drug-likeness (QED) is 0.585. The first-order valence-corrected chi connectivity index (χ1v) is 7.26. The van der Waals surface area contributed by atoms with Crippen molar-refractivity contribution in [2.24, 2.45) is 0 Å². The van der Waals surface area contributed by atoms with E-state index < -0.39 is 23.5 Å². The Morgan fingerprint density at radius 3 is 2.43 bits per heavy atom. The first-order chi connectivity index (χ1) is 10.6. The second kappa shape index (κ2) is 6.15. The van der Waals surface area contributed by atoms with E-state index in [-0.39, 0.29) is 5.69 Å². The predicted molar refractivity (Wildman–Crippen MR) is 88.4 cm³/mol. The number of nitrogens with one attached hydrogen (secondary N) is 5. The molecule has 0 aliphatic carbocycles. The van der Waals surface area contributed by atoms with Gasteiger partial charge in [-0.05, 0) is 45.9 Å². The summed E-state index contributed by atoms with van der Waals surface area (Å²) in [5, 5.41) is 7.92. The molecule has 8 heteroatoms. The van der Waals surface area contributed by atoms with Crippen LogP contribution in [0.2, 0.25) is 0 Å². The molecule has 0 saturated heterocycles. The van der Waals surface area contributed by atoms with E-state index in [1.807, 2.05) is 20.8 Å². The van der Waals surface area contributed by atoms with Crippen LogP contribution in [0.25, 0.3) is 11.0 Å². The Labute approximate surface area is 133 Å². The molecule has 0 aliphatic heterocycles. The third-order valence-corrected chi connectivity index (χ3v) is 3.02. The van der Waals surface area contributed by atoms with Crippen molar-refractivity contribution < 1.29 is 9.59 Å². The summed E-state index contributed by atoms with van der Waals surface area (Å²) in [6, 6.07) is 4.02. The molecule has 2 rings (SSSR count). The van der Waals surface area contributed by atoms with Crippen LogP contribution in [0.3, 0.4) is 0 Å². The van der Waals surface area contributed by atoms with Crippen LogP contribution in [0, 0.1) is 0 Å². The number of H-pyrrole nitrogens is 2. The van der Waals surface area contributed by atoms with Gasteiger partial charge in [-0.1, -0.05) is 0 Å². The third-order valence-electron chi connectivity index (χ3n) is 3.02. The number of carbonyl (C=O) groups excluding carboxylic acids is 2. The molecular weight excluding hydrogens is 298 g/mol. The Kier molecular flexibility index (Phi) is 4.44. The van der Waals surface area contributed by atoms with Gasteiger partial charge in [-0.2, -0.15) is 0 Å². The van der Waals surface area contributed by atoms with E-state index >= 15 is 0 Å². The summed E-state index contributed by atoms with van der Waals surface area (Å²) in [6.45, 7) is 7.12. The van der Waals surface area contributed by atoms with E-state index in [2.05, 4.69) is 25.9 Å². The van der Waals surface area contributed by atoms with Gasteiger partial charge in [0.25, 0.3) is 0 Å². The molecule has 1 aromatic carbocycles. The summed E-state index contributed by atoms with van der Waals surface area (Å²) >= 11 is 0. The van der Waals surface area contributed by atoms with E-state index in [0.717, 1.165) is 0 Å². The molecule has 23 heavy (non-hydrogen) atoms. The molecule has 0 radical (unpaired) electrons. The number of imide groups is 1. The highest BCUT2D eigenvalue weighted by atomic mass is 16.2. The maximum atomic E-state index is 12.0. The number of carbonyl (C=O) groups is 2. The van der Waals surface area contributed by atoms with Crippen LogP contribution in [0.1, 0.15) is 27.7 Å². The minimum atomic E-state index is -0.621. The second-order valence-corrected chi connectivity index (χ2v) is 6.40. The van der Waals surface area contributed by atoms with Gasteiger partial charge in [0.1, 0.15) is 6.04 Å². The van der Waals surface area contributed by atoms with E-state index in [0.29, 0.717) is 16.7 Å². The van der Waals surface area contributed by atoms with Crippen LogP contribution in [-0.2, 0) is 4.79 Å². The Balaban J connectivity index is 1.99.